The van der Waals surface area contributed by atoms with Crippen molar-refractivity contribution in [3.05, 3.63) is 35.9 Å². The molecule has 0 amide bonds. The summed E-state index contributed by atoms with van der Waals surface area (Å²) in [6.07, 6.45) is 3.64. The Morgan fingerprint density at radius 3 is 2.81 bits per heavy atom. The van der Waals surface area contributed by atoms with Gasteiger partial charge in [0, 0.05) is 18.6 Å². The third-order valence-corrected chi connectivity index (χ3v) is 3.61. The van der Waals surface area contributed by atoms with Gasteiger partial charge in [-0.05, 0) is 31.4 Å². The van der Waals surface area contributed by atoms with Crippen LogP contribution in [0.2, 0.25) is 0 Å². The number of rotatable bonds is 4. The van der Waals surface area contributed by atoms with Crippen LogP contribution in [-0.2, 0) is 6.54 Å². The molecule has 1 fully saturated rings. The minimum Gasteiger partial charge on any atom is -0.326 e. The van der Waals surface area contributed by atoms with Crippen molar-refractivity contribution in [2.24, 2.45) is 5.73 Å². The van der Waals surface area contributed by atoms with Gasteiger partial charge < -0.3 is 5.73 Å². The average molecular weight is 218 g/mol. The Kier molecular flexibility index (Phi) is 3.97. The SMILES string of the molecule is CCC(N)C1CCCN1Cc1ccccc1. The molecule has 2 N–H and O–H groups in total. The summed E-state index contributed by atoms with van der Waals surface area (Å²) in [6, 6.07) is 11.6. The summed E-state index contributed by atoms with van der Waals surface area (Å²) in [5, 5.41) is 0. The summed E-state index contributed by atoms with van der Waals surface area (Å²) in [5.74, 6) is 0. The summed E-state index contributed by atoms with van der Waals surface area (Å²) in [4.78, 5) is 2.55. The quantitative estimate of drug-likeness (QED) is 0.840. The van der Waals surface area contributed by atoms with Gasteiger partial charge in [0.15, 0.2) is 0 Å². The van der Waals surface area contributed by atoms with Crippen molar-refractivity contribution in [1.82, 2.24) is 4.90 Å². The molecule has 1 aromatic rings. The molecule has 1 aliphatic heterocycles. The number of likely N-dealkylation sites (tertiary alicyclic amines) is 1. The molecule has 0 bridgehead atoms. The number of nitrogens with zero attached hydrogens (tertiary/aromatic N) is 1. The van der Waals surface area contributed by atoms with Crippen LogP contribution in [0.5, 0.6) is 0 Å². The molecule has 16 heavy (non-hydrogen) atoms. The smallest absolute Gasteiger partial charge is 0.0251 e. The zero-order valence-electron chi connectivity index (χ0n) is 10.1. The average Bonchev–Trinajstić information content (AvgIpc) is 2.77. The monoisotopic (exact) mass is 218 g/mol. The molecule has 88 valence electrons. The van der Waals surface area contributed by atoms with E-state index in [1.165, 1.54) is 24.9 Å². The fraction of sp³-hybridized carbons (Fsp3) is 0.571. The lowest BCUT2D eigenvalue weighted by Crippen LogP contribution is -2.43. The predicted molar refractivity (Wildman–Crippen MR) is 68.1 cm³/mol. The minimum absolute atomic E-state index is 0.339. The molecule has 1 saturated heterocycles. The highest BCUT2D eigenvalue weighted by molar-refractivity contribution is 5.15. The van der Waals surface area contributed by atoms with E-state index in [2.05, 4.69) is 42.2 Å². The number of benzene rings is 1. The Labute approximate surface area is 98.4 Å². The maximum atomic E-state index is 6.18. The van der Waals surface area contributed by atoms with Crippen molar-refractivity contribution in [2.45, 2.75) is 44.8 Å². The van der Waals surface area contributed by atoms with Gasteiger partial charge >= 0.3 is 0 Å². The third-order valence-electron chi connectivity index (χ3n) is 3.61. The van der Waals surface area contributed by atoms with E-state index in [1.807, 2.05) is 0 Å². The highest BCUT2D eigenvalue weighted by Gasteiger charge is 2.28. The molecular formula is C14H22N2. The van der Waals surface area contributed by atoms with Gasteiger partial charge in [-0.2, -0.15) is 0 Å². The van der Waals surface area contributed by atoms with Crippen LogP contribution in [0.15, 0.2) is 30.3 Å². The van der Waals surface area contributed by atoms with Gasteiger partial charge in [-0.15, -0.1) is 0 Å². The number of hydrogen-bond donors (Lipinski definition) is 1. The molecule has 0 radical (unpaired) electrons. The topological polar surface area (TPSA) is 29.3 Å². The zero-order valence-corrected chi connectivity index (χ0v) is 10.1. The molecule has 1 heterocycles. The van der Waals surface area contributed by atoms with E-state index >= 15 is 0 Å². The summed E-state index contributed by atoms with van der Waals surface area (Å²) >= 11 is 0. The second kappa shape index (κ2) is 5.46. The Morgan fingerprint density at radius 1 is 1.38 bits per heavy atom. The number of hydrogen-bond acceptors (Lipinski definition) is 2. The lowest BCUT2D eigenvalue weighted by atomic mass is 10.0. The first-order valence-corrected chi connectivity index (χ1v) is 6.35. The van der Waals surface area contributed by atoms with E-state index < -0.39 is 0 Å². The standard InChI is InChI=1S/C14H22N2/c1-2-13(15)14-9-6-10-16(14)11-12-7-4-3-5-8-12/h3-5,7-8,13-14H,2,6,9-11,15H2,1H3. The minimum atomic E-state index is 0.339. The van der Waals surface area contributed by atoms with Gasteiger partial charge in [0.2, 0.25) is 0 Å². The zero-order chi connectivity index (χ0) is 11.4. The predicted octanol–water partition coefficient (Wildman–Crippen LogP) is 2.39. The van der Waals surface area contributed by atoms with Crippen molar-refractivity contribution < 1.29 is 0 Å². The molecular weight excluding hydrogens is 196 g/mol. The van der Waals surface area contributed by atoms with E-state index in [0.717, 1.165) is 13.0 Å². The summed E-state index contributed by atoms with van der Waals surface area (Å²) in [7, 11) is 0. The fourth-order valence-corrected chi connectivity index (χ4v) is 2.62. The van der Waals surface area contributed by atoms with Crippen LogP contribution in [0, 0.1) is 0 Å². The van der Waals surface area contributed by atoms with Crippen molar-refractivity contribution in [1.29, 1.82) is 0 Å². The Morgan fingerprint density at radius 2 is 2.12 bits per heavy atom. The first-order valence-electron chi connectivity index (χ1n) is 6.35. The Balaban J connectivity index is 1.99. The van der Waals surface area contributed by atoms with Crippen LogP contribution < -0.4 is 5.73 Å². The Bertz CT molecular complexity index is 310. The molecule has 0 aliphatic carbocycles. The molecule has 1 aliphatic rings. The van der Waals surface area contributed by atoms with Crippen LogP contribution in [0.4, 0.5) is 0 Å². The number of nitrogens with two attached hydrogens (primary N) is 1. The van der Waals surface area contributed by atoms with Crippen molar-refractivity contribution >= 4 is 0 Å². The summed E-state index contributed by atoms with van der Waals surface area (Å²) < 4.78 is 0. The maximum absolute atomic E-state index is 6.18. The third kappa shape index (κ3) is 2.63. The highest BCUT2D eigenvalue weighted by Crippen LogP contribution is 2.22. The molecule has 0 aromatic heterocycles. The first-order chi connectivity index (χ1) is 7.81. The summed E-state index contributed by atoms with van der Waals surface area (Å²) in [6.45, 7) is 4.44. The van der Waals surface area contributed by atoms with Crippen molar-refractivity contribution in [3.8, 4) is 0 Å². The molecule has 2 atom stereocenters. The second-order valence-electron chi connectivity index (χ2n) is 4.74. The lowest BCUT2D eigenvalue weighted by Gasteiger charge is -2.28. The Hall–Kier alpha value is -0.860. The molecule has 2 rings (SSSR count). The van der Waals surface area contributed by atoms with Crippen LogP contribution in [-0.4, -0.2) is 23.5 Å². The van der Waals surface area contributed by atoms with Gasteiger partial charge in [0.25, 0.3) is 0 Å². The van der Waals surface area contributed by atoms with Gasteiger partial charge in [-0.25, -0.2) is 0 Å². The van der Waals surface area contributed by atoms with Crippen molar-refractivity contribution in [3.63, 3.8) is 0 Å². The molecule has 0 spiro atoms. The molecule has 2 heteroatoms. The largest absolute Gasteiger partial charge is 0.326 e. The van der Waals surface area contributed by atoms with E-state index in [-0.39, 0.29) is 0 Å². The highest BCUT2D eigenvalue weighted by atomic mass is 15.2. The maximum Gasteiger partial charge on any atom is 0.0251 e. The summed E-state index contributed by atoms with van der Waals surface area (Å²) in [5.41, 5.74) is 7.58. The first kappa shape index (κ1) is 11.6. The van der Waals surface area contributed by atoms with E-state index in [0.29, 0.717) is 12.1 Å². The van der Waals surface area contributed by atoms with E-state index in [4.69, 9.17) is 5.73 Å². The van der Waals surface area contributed by atoms with Crippen molar-refractivity contribution in [2.75, 3.05) is 6.54 Å². The van der Waals surface area contributed by atoms with Gasteiger partial charge in [0.1, 0.15) is 0 Å². The van der Waals surface area contributed by atoms with Crippen LogP contribution in [0.1, 0.15) is 31.7 Å². The molecule has 1 aromatic carbocycles. The van der Waals surface area contributed by atoms with Gasteiger partial charge in [-0.1, -0.05) is 37.3 Å². The molecule has 0 saturated carbocycles. The van der Waals surface area contributed by atoms with Gasteiger partial charge in [0.05, 0.1) is 0 Å². The van der Waals surface area contributed by atoms with E-state index in [1.54, 1.807) is 0 Å². The van der Waals surface area contributed by atoms with Crippen LogP contribution in [0.25, 0.3) is 0 Å². The normalized spacial score (nSPS) is 23.5. The van der Waals surface area contributed by atoms with Gasteiger partial charge in [-0.3, -0.25) is 4.90 Å². The lowest BCUT2D eigenvalue weighted by molar-refractivity contribution is 0.213. The van der Waals surface area contributed by atoms with Crippen LogP contribution in [0.3, 0.4) is 0 Å². The fourth-order valence-electron chi connectivity index (χ4n) is 2.62. The second-order valence-corrected chi connectivity index (χ2v) is 4.74. The molecule has 2 unspecified atom stereocenters. The molecule has 2 nitrogen and oxygen atoms in total. The van der Waals surface area contributed by atoms with Crippen LogP contribution >= 0.6 is 0 Å². The van der Waals surface area contributed by atoms with E-state index in [9.17, 15) is 0 Å².